The van der Waals surface area contributed by atoms with E-state index in [1.54, 1.807) is 18.2 Å². The molecule has 4 rings (SSSR count). The van der Waals surface area contributed by atoms with Crippen LogP contribution >= 0.6 is 11.8 Å². The van der Waals surface area contributed by atoms with Gasteiger partial charge < -0.3 is 9.09 Å². The summed E-state index contributed by atoms with van der Waals surface area (Å²) in [5, 5.41) is 4.71. The van der Waals surface area contributed by atoms with Crippen molar-refractivity contribution < 1.29 is 17.3 Å². The van der Waals surface area contributed by atoms with Crippen molar-refractivity contribution in [1.29, 1.82) is 0 Å². The van der Waals surface area contributed by atoms with E-state index in [2.05, 4.69) is 15.0 Å². The highest BCUT2D eigenvalue weighted by atomic mass is 35.5. The molecule has 0 bridgehead atoms. The lowest BCUT2D eigenvalue weighted by molar-refractivity contribution is 0.419. The molecule has 0 amide bonds. The van der Waals surface area contributed by atoms with Crippen molar-refractivity contribution in [2.45, 2.75) is 18.4 Å². The molecule has 178 valence electrons. The molecular weight excluding hydrogens is 481 g/mol. The van der Waals surface area contributed by atoms with Crippen LogP contribution in [0, 0.1) is 6.92 Å². The van der Waals surface area contributed by atoms with Crippen molar-refractivity contribution in [1.82, 2.24) is 23.8 Å². The van der Waals surface area contributed by atoms with Crippen LogP contribution in [0.15, 0.2) is 70.2 Å². The summed E-state index contributed by atoms with van der Waals surface area (Å²) in [5.41, 5.74) is 3.77. The SMILES string of the molecule is Cc1c(-c2cccc(S(=O)(=O)N(C)C)c2)c2cc(-c3ncon3)ccc2n1C/C(F)=C/CNCl. The van der Waals surface area contributed by atoms with Gasteiger partial charge in [0.2, 0.25) is 22.2 Å². The van der Waals surface area contributed by atoms with E-state index in [0.29, 0.717) is 11.4 Å². The minimum atomic E-state index is -3.63. The fourth-order valence-electron chi connectivity index (χ4n) is 3.88. The van der Waals surface area contributed by atoms with E-state index in [1.807, 2.05) is 35.8 Å². The number of rotatable bonds is 8. The van der Waals surface area contributed by atoms with Crippen LogP contribution in [0.4, 0.5) is 4.39 Å². The average molecular weight is 504 g/mol. The molecule has 4 aromatic rings. The predicted octanol–water partition coefficient (Wildman–Crippen LogP) is 4.51. The zero-order valence-corrected chi connectivity index (χ0v) is 20.4. The number of halogens is 2. The van der Waals surface area contributed by atoms with Crippen molar-refractivity contribution in [3.8, 4) is 22.5 Å². The van der Waals surface area contributed by atoms with Gasteiger partial charge in [-0.15, -0.1) is 0 Å². The molecule has 0 aliphatic carbocycles. The first-order chi connectivity index (χ1) is 16.2. The lowest BCUT2D eigenvalue weighted by atomic mass is 10.0. The Balaban J connectivity index is 1.95. The number of benzene rings is 2. The molecule has 0 spiro atoms. The third kappa shape index (κ3) is 4.49. The van der Waals surface area contributed by atoms with E-state index >= 15 is 0 Å². The first kappa shape index (κ1) is 24.1. The third-order valence-corrected chi connectivity index (χ3v) is 7.52. The summed E-state index contributed by atoms with van der Waals surface area (Å²) in [6.45, 7) is 2.06. The van der Waals surface area contributed by atoms with Crippen LogP contribution in [0.3, 0.4) is 0 Å². The number of hydrogen-bond acceptors (Lipinski definition) is 6. The molecule has 1 N–H and O–H groups in total. The molecule has 0 radical (unpaired) electrons. The van der Waals surface area contributed by atoms with Crippen LogP contribution in [0.2, 0.25) is 0 Å². The number of nitrogens with one attached hydrogen (secondary N) is 1. The van der Waals surface area contributed by atoms with Gasteiger partial charge in [-0.25, -0.2) is 21.9 Å². The predicted molar refractivity (Wildman–Crippen MR) is 129 cm³/mol. The summed E-state index contributed by atoms with van der Waals surface area (Å²) < 4.78 is 48.0. The van der Waals surface area contributed by atoms with E-state index in [-0.39, 0.29) is 23.8 Å². The van der Waals surface area contributed by atoms with Crippen LogP contribution in [-0.2, 0) is 16.6 Å². The summed E-state index contributed by atoms with van der Waals surface area (Å²) in [6.07, 6.45) is 2.62. The summed E-state index contributed by atoms with van der Waals surface area (Å²) in [7, 11) is -0.660. The van der Waals surface area contributed by atoms with Gasteiger partial charge in [-0.1, -0.05) is 17.3 Å². The van der Waals surface area contributed by atoms with Gasteiger partial charge in [0.15, 0.2) is 0 Å². The maximum atomic E-state index is 14.6. The van der Waals surface area contributed by atoms with E-state index in [1.165, 1.54) is 30.9 Å². The molecular formula is C23H23ClFN5O3S. The van der Waals surface area contributed by atoms with Gasteiger partial charge >= 0.3 is 0 Å². The van der Waals surface area contributed by atoms with Crippen LogP contribution in [0.5, 0.6) is 0 Å². The van der Waals surface area contributed by atoms with E-state index in [9.17, 15) is 12.8 Å². The first-order valence-electron chi connectivity index (χ1n) is 10.3. The lowest BCUT2D eigenvalue weighted by Gasteiger charge is -2.13. The number of allylic oxidation sites excluding steroid dienone is 1. The largest absolute Gasteiger partial charge is 0.342 e. The second kappa shape index (κ2) is 9.67. The highest BCUT2D eigenvalue weighted by Gasteiger charge is 2.21. The molecule has 0 atom stereocenters. The Kier molecular flexibility index (Phi) is 6.85. The highest BCUT2D eigenvalue weighted by Crippen LogP contribution is 2.38. The summed E-state index contributed by atoms with van der Waals surface area (Å²) in [4.78, 5) is 6.67. The summed E-state index contributed by atoms with van der Waals surface area (Å²) in [5.74, 6) is 0.0623. The minimum Gasteiger partial charge on any atom is -0.342 e. The number of hydrogen-bond donors (Lipinski definition) is 1. The molecule has 2 heterocycles. The van der Waals surface area contributed by atoms with Crippen LogP contribution in [-0.4, -0.2) is 48.1 Å². The quantitative estimate of drug-likeness (QED) is 0.355. The molecule has 8 nitrogen and oxygen atoms in total. The number of nitrogens with zero attached hydrogens (tertiary/aromatic N) is 4. The fourth-order valence-corrected chi connectivity index (χ4v) is 4.90. The normalized spacial score (nSPS) is 12.7. The van der Waals surface area contributed by atoms with Crippen LogP contribution < -0.4 is 4.84 Å². The Labute approximate surface area is 201 Å². The first-order valence-corrected chi connectivity index (χ1v) is 12.2. The number of fused-ring (bicyclic) bond motifs is 1. The second-order valence-electron chi connectivity index (χ2n) is 7.84. The fraction of sp³-hybridized carbons (Fsp3) is 0.217. The highest BCUT2D eigenvalue weighted by molar-refractivity contribution is 7.89. The topological polar surface area (TPSA) is 93.3 Å². The molecule has 0 fully saturated rings. The van der Waals surface area contributed by atoms with Crippen molar-refractivity contribution in [2.24, 2.45) is 0 Å². The Bertz CT molecular complexity index is 1460. The monoisotopic (exact) mass is 503 g/mol. The van der Waals surface area contributed by atoms with Gasteiger partial charge in [-0.05, 0) is 60.7 Å². The summed E-state index contributed by atoms with van der Waals surface area (Å²) in [6, 6.07) is 12.3. The van der Waals surface area contributed by atoms with Crippen molar-refractivity contribution >= 4 is 32.7 Å². The van der Waals surface area contributed by atoms with E-state index in [0.717, 1.165) is 27.7 Å². The smallest absolute Gasteiger partial charge is 0.242 e. The average Bonchev–Trinajstić information content (AvgIpc) is 3.44. The summed E-state index contributed by atoms with van der Waals surface area (Å²) >= 11 is 5.46. The van der Waals surface area contributed by atoms with Gasteiger partial charge in [0.1, 0.15) is 5.83 Å². The van der Waals surface area contributed by atoms with Gasteiger partial charge in [-0.3, -0.25) is 0 Å². The standard InChI is InChI=1S/C23H23ClFN5O3S/c1-15-22(16-5-4-6-19(11-16)34(31,32)29(2)3)20-12-17(23-26-14-33-28-23)7-8-21(20)30(15)13-18(25)9-10-27-24/h4-9,11-12,14,27H,10,13H2,1-3H3/b18-9-. The molecule has 0 unspecified atom stereocenters. The lowest BCUT2D eigenvalue weighted by Crippen LogP contribution is -2.22. The van der Waals surface area contributed by atoms with Gasteiger partial charge in [0.25, 0.3) is 0 Å². The van der Waals surface area contributed by atoms with Crippen molar-refractivity contribution in [2.75, 3.05) is 20.6 Å². The molecule has 0 saturated heterocycles. The third-order valence-electron chi connectivity index (χ3n) is 5.55. The van der Waals surface area contributed by atoms with E-state index < -0.39 is 10.0 Å². The Morgan fingerprint density at radius 2 is 2.03 bits per heavy atom. The number of sulfonamides is 1. The zero-order valence-electron chi connectivity index (χ0n) is 18.8. The van der Waals surface area contributed by atoms with Crippen molar-refractivity contribution in [3.05, 3.63) is 66.5 Å². The Morgan fingerprint density at radius 3 is 2.71 bits per heavy atom. The van der Waals surface area contributed by atoms with E-state index in [4.69, 9.17) is 16.3 Å². The van der Waals surface area contributed by atoms with Crippen molar-refractivity contribution in [3.63, 3.8) is 0 Å². The molecule has 0 saturated carbocycles. The van der Waals surface area contributed by atoms with Crippen LogP contribution in [0.1, 0.15) is 5.69 Å². The van der Waals surface area contributed by atoms with Gasteiger partial charge in [-0.2, -0.15) is 4.98 Å². The molecule has 2 aromatic carbocycles. The molecule has 2 aromatic heterocycles. The minimum absolute atomic E-state index is 0.00184. The molecule has 34 heavy (non-hydrogen) atoms. The zero-order chi connectivity index (χ0) is 24.5. The maximum absolute atomic E-state index is 14.6. The molecule has 0 aliphatic rings. The number of aromatic nitrogens is 3. The van der Waals surface area contributed by atoms with Gasteiger partial charge in [0, 0.05) is 48.4 Å². The second-order valence-corrected chi connectivity index (χ2v) is 10.3. The van der Waals surface area contributed by atoms with Gasteiger partial charge in [0.05, 0.1) is 11.4 Å². The Hall–Kier alpha value is -3.05. The molecule has 11 heteroatoms. The Morgan fingerprint density at radius 1 is 1.24 bits per heavy atom. The molecule has 0 aliphatic heterocycles. The van der Waals surface area contributed by atoms with Crippen LogP contribution in [0.25, 0.3) is 33.4 Å². The maximum Gasteiger partial charge on any atom is 0.242 e.